The Bertz CT molecular complexity index is 1020. The van der Waals surface area contributed by atoms with Crippen LogP contribution in [-0.2, 0) is 11.8 Å². The summed E-state index contributed by atoms with van der Waals surface area (Å²) in [5.41, 5.74) is 2.95. The number of esters is 1. The molecule has 1 aliphatic heterocycles. The van der Waals surface area contributed by atoms with Gasteiger partial charge in [0.25, 0.3) is 0 Å². The number of nitrogens with zero attached hydrogens (tertiary/aromatic N) is 6. The van der Waals surface area contributed by atoms with E-state index >= 15 is 0 Å². The first-order valence-electron chi connectivity index (χ1n) is 9.54. The Hall–Kier alpha value is -2.97. The summed E-state index contributed by atoms with van der Waals surface area (Å²) in [4.78, 5) is 23.7. The average Bonchev–Trinajstić information content (AvgIpc) is 3.25. The molecule has 4 rings (SSSR count). The molecule has 0 radical (unpaired) electrons. The van der Waals surface area contributed by atoms with Crippen molar-refractivity contribution in [1.82, 2.24) is 24.9 Å². The Morgan fingerprint density at radius 3 is 2.71 bits per heavy atom. The first-order chi connectivity index (χ1) is 13.5. The number of piperidine rings is 1. The van der Waals surface area contributed by atoms with E-state index in [0.717, 1.165) is 48.3 Å². The van der Waals surface area contributed by atoms with Crippen molar-refractivity contribution >= 4 is 22.7 Å². The molecule has 1 saturated heterocycles. The fourth-order valence-electron chi connectivity index (χ4n) is 3.91. The number of aryl methyl sites for hydroxylation is 3. The van der Waals surface area contributed by atoms with Gasteiger partial charge in [-0.3, -0.25) is 4.68 Å². The third-order valence-corrected chi connectivity index (χ3v) is 5.20. The van der Waals surface area contributed by atoms with E-state index in [4.69, 9.17) is 9.26 Å². The summed E-state index contributed by atoms with van der Waals surface area (Å²) in [5.74, 6) is 1.23. The van der Waals surface area contributed by atoms with E-state index in [1.807, 2.05) is 20.9 Å². The van der Waals surface area contributed by atoms with Gasteiger partial charge < -0.3 is 14.2 Å². The maximum Gasteiger partial charge on any atom is 0.341 e. The molecular weight excluding hydrogens is 360 g/mol. The predicted molar refractivity (Wildman–Crippen MR) is 102 cm³/mol. The third-order valence-electron chi connectivity index (χ3n) is 5.20. The molecule has 0 unspecified atom stereocenters. The molecule has 0 atom stereocenters. The molecule has 9 heteroatoms. The van der Waals surface area contributed by atoms with Crippen molar-refractivity contribution in [2.75, 3.05) is 24.6 Å². The molecule has 4 heterocycles. The SMILES string of the molecule is CCOC(=O)c1cnc2c(c(C)nn2C)c1N1CCC(c2nc(C)no2)CC1. The quantitative estimate of drug-likeness (QED) is 0.633. The Morgan fingerprint density at radius 1 is 1.32 bits per heavy atom. The predicted octanol–water partition coefficient (Wildman–Crippen LogP) is 2.53. The number of fused-ring (bicyclic) bond motifs is 1. The Kier molecular flexibility index (Phi) is 4.74. The lowest BCUT2D eigenvalue weighted by atomic mass is 9.95. The first-order valence-corrected chi connectivity index (χ1v) is 9.54. The van der Waals surface area contributed by atoms with Crippen molar-refractivity contribution in [2.24, 2.45) is 7.05 Å². The van der Waals surface area contributed by atoms with Gasteiger partial charge in [0.2, 0.25) is 5.89 Å². The van der Waals surface area contributed by atoms with Crippen LogP contribution >= 0.6 is 0 Å². The smallest absolute Gasteiger partial charge is 0.341 e. The van der Waals surface area contributed by atoms with Crippen LogP contribution in [-0.4, -0.2) is 50.6 Å². The number of rotatable bonds is 4. The molecule has 0 spiro atoms. The molecule has 148 valence electrons. The minimum absolute atomic E-state index is 0.232. The molecule has 0 N–H and O–H groups in total. The number of aromatic nitrogens is 5. The van der Waals surface area contributed by atoms with Crippen LogP contribution in [0.25, 0.3) is 11.0 Å². The van der Waals surface area contributed by atoms with E-state index in [-0.39, 0.29) is 11.9 Å². The molecule has 9 nitrogen and oxygen atoms in total. The highest BCUT2D eigenvalue weighted by molar-refractivity contribution is 6.05. The second kappa shape index (κ2) is 7.21. The third kappa shape index (κ3) is 3.10. The van der Waals surface area contributed by atoms with Gasteiger partial charge in [-0.05, 0) is 33.6 Å². The molecular formula is C19H24N6O3. The number of anilines is 1. The summed E-state index contributed by atoms with van der Waals surface area (Å²) >= 11 is 0. The zero-order valence-electron chi connectivity index (χ0n) is 16.6. The summed E-state index contributed by atoms with van der Waals surface area (Å²) in [5, 5.41) is 9.30. The molecule has 0 aromatic carbocycles. The number of ether oxygens (including phenoxy) is 1. The van der Waals surface area contributed by atoms with E-state index in [1.165, 1.54) is 0 Å². The van der Waals surface area contributed by atoms with Gasteiger partial charge in [-0.15, -0.1) is 0 Å². The Morgan fingerprint density at radius 2 is 2.07 bits per heavy atom. The molecule has 0 amide bonds. The van der Waals surface area contributed by atoms with Crippen LogP contribution in [0.3, 0.4) is 0 Å². The van der Waals surface area contributed by atoms with E-state index < -0.39 is 0 Å². The van der Waals surface area contributed by atoms with Gasteiger partial charge in [0.1, 0.15) is 5.56 Å². The van der Waals surface area contributed by atoms with Gasteiger partial charge in [0.05, 0.1) is 23.4 Å². The zero-order chi connectivity index (χ0) is 19.8. The molecule has 3 aromatic rings. The molecule has 1 aliphatic rings. The standard InChI is InChI=1S/C19H24N6O3/c1-5-27-19(26)14-10-20-17-15(11(2)22-24(17)4)16(14)25-8-6-13(7-9-25)18-21-12(3)23-28-18/h10,13H,5-9H2,1-4H3. The average molecular weight is 384 g/mol. The lowest BCUT2D eigenvalue weighted by molar-refractivity contribution is 0.0526. The number of pyridine rings is 1. The largest absolute Gasteiger partial charge is 0.462 e. The lowest BCUT2D eigenvalue weighted by Gasteiger charge is -2.33. The normalized spacial score (nSPS) is 15.4. The van der Waals surface area contributed by atoms with E-state index in [0.29, 0.717) is 23.9 Å². The van der Waals surface area contributed by atoms with Crippen LogP contribution < -0.4 is 4.90 Å². The summed E-state index contributed by atoms with van der Waals surface area (Å²) in [6, 6.07) is 0. The fraction of sp³-hybridized carbons (Fsp3) is 0.526. The van der Waals surface area contributed by atoms with Gasteiger partial charge in [-0.2, -0.15) is 10.1 Å². The maximum atomic E-state index is 12.6. The highest BCUT2D eigenvalue weighted by Gasteiger charge is 2.30. The van der Waals surface area contributed by atoms with Crippen LogP contribution in [0.4, 0.5) is 5.69 Å². The van der Waals surface area contributed by atoms with Gasteiger partial charge in [-0.25, -0.2) is 9.78 Å². The van der Waals surface area contributed by atoms with E-state index in [1.54, 1.807) is 17.8 Å². The number of carbonyl (C=O) groups is 1. The van der Waals surface area contributed by atoms with Gasteiger partial charge in [-0.1, -0.05) is 5.16 Å². The zero-order valence-corrected chi connectivity index (χ0v) is 16.6. The number of hydrogen-bond donors (Lipinski definition) is 0. The van der Waals surface area contributed by atoms with Crippen molar-refractivity contribution in [3.63, 3.8) is 0 Å². The van der Waals surface area contributed by atoms with E-state index in [9.17, 15) is 4.79 Å². The number of hydrogen-bond acceptors (Lipinski definition) is 8. The van der Waals surface area contributed by atoms with Crippen LogP contribution in [0.15, 0.2) is 10.7 Å². The van der Waals surface area contributed by atoms with Crippen molar-refractivity contribution in [3.05, 3.63) is 29.2 Å². The van der Waals surface area contributed by atoms with Gasteiger partial charge in [0.15, 0.2) is 11.5 Å². The fourth-order valence-corrected chi connectivity index (χ4v) is 3.91. The minimum Gasteiger partial charge on any atom is -0.462 e. The minimum atomic E-state index is -0.357. The summed E-state index contributed by atoms with van der Waals surface area (Å²) in [6.07, 6.45) is 3.34. The van der Waals surface area contributed by atoms with E-state index in [2.05, 4.69) is 25.1 Å². The molecule has 0 aliphatic carbocycles. The van der Waals surface area contributed by atoms with Crippen LogP contribution in [0.1, 0.15) is 53.5 Å². The monoisotopic (exact) mass is 384 g/mol. The first kappa shape index (κ1) is 18.4. The van der Waals surface area contributed by atoms with Crippen molar-refractivity contribution in [3.8, 4) is 0 Å². The molecule has 28 heavy (non-hydrogen) atoms. The van der Waals surface area contributed by atoms with Gasteiger partial charge in [0, 0.05) is 32.3 Å². The Labute approximate surface area is 162 Å². The molecule has 0 saturated carbocycles. The van der Waals surface area contributed by atoms with Crippen molar-refractivity contribution in [1.29, 1.82) is 0 Å². The second-order valence-electron chi connectivity index (χ2n) is 7.09. The Balaban J connectivity index is 1.70. The molecule has 1 fully saturated rings. The summed E-state index contributed by atoms with van der Waals surface area (Å²) in [7, 11) is 1.86. The summed E-state index contributed by atoms with van der Waals surface area (Å²) < 4.78 is 12.4. The lowest BCUT2D eigenvalue weighted by Crippen LogP contribution is -2.34. The molecule has 0 bridgehead atoms. The highest BCUT2D eigenvalue weighted by Crippen LogP contribution is 2.36. The van der Waals surface area contributed by atoms with Crippen LogP contribution in [0, 0.1) is 13.8 Å². The highest BCUT2D eigenvalue weighted by atomic mass is 16.5. The maximum absolute atomic E-state index is 12.6. The van der Waals surface area contributed by atoms with Gasteiger partial charge >= 0.3 is 5.97 Å². The topological polar surface area (TPSA) is 99.2 Å². The van der Waals surface area contributed by atoms with Crippen molar-refractivity contribution in [2.45, 2.75) is 39.5 Å². The van der Waals surface area contributed by atoms with Crippen LogP contribution in [0.2, 0.25) is 0 Å². The van der Waals surface area contributed by atoms with Crippen LogP contribution in [0.5, 0.6) is 0 Å². The summed E-state index contributed by atoms with van der Waals surface area (Å²) in [6.45, 7) is 7.43. The van der Waals surface area contributed by atoms with Crippen molar-refractivity contribution < 1.29 is 14.1 Å². The second-order valence-corrected chi connectivity index (χ2v) is 7.09. The number of carbonyl (C=O) groups excluding carboxylic acids is 1. The molecule has 3 aromatic heterocycles.